The molecule has 0 spiro atoms. The summed E-state index contributed by atoms with van der Waals surface area (Å²) in [6.45, 7) is 0. The minimum absolute atomic E-state index is 0.302. The van der Waals surface area contributed by atoms with Crippen molar-refractivity contribution < 1.29 is 4.52 Å². The molecule has 0 unspecified atom stereocenters. The lowest BCUT2D eigenvalue weighted by molar-refractivity contribution is 0.432. The fourth-order valence-electron chi connectivity index (χ4n) is 1.70. The first-order valence-electron chi connectivity index (χ1n) is 5.63. The van der Waals surface area contributed by atoms with E-state index in [9.17, 15) is 0 Å². The van der Waals surface area contributed by atoms with Crippen molar-refractivity contribution in [2.45, 2.75) is 0 Å². The van der Waals surface area contributed by atoms with Crippen LogP contribution in [-0.4, -0.2) is 19.9 Å². The number of nitrogens with two attached hydrogens (primary N) is 1. The van der Waals surface area contributed by atoms with Crippen LogP contribution in [0.15, 0.2) is 28.9 Å². The summed E-state index contributed by atoms with van der Waals surface area (Å²) in [5, 5.41) is 8.82. The van der Waals surface area contributed by atoms with E-state index >= 15 is 0 Å². The van der Waals surface area contributed by atoms with Crippen molar-refractivity contribution in [2.75, 3.05) is 5.73 Å². The van der Waals surface area contributed by atoms with Crippen molar-refractivity contribution in [1.29, 1.82) is 0 Å². The summed E-state index contributed by atoms with van der Waals surface area (Å²) in [5.41, 5.74) is 7.16. The van der Waals surface area contributed by atoms with Gasteiger partial charge in [-0.2, -0.15) is 10.1 Å². The number of hydrogen-bond acceptors (Lipinski definition) is 5. The van der Waals surface area contributed by atoms with Gasteiger partial charge < -0.3 is 10.3 Å². The van der Waals surface area contributed by atoms with Crippen molar-refractivity contribution in [3.8, 4) is 22.8 Å². The van der Waals surface area contributed by atoms with Gasteiger partial charge in [0.05, 0.1) is 16.2 Å². The van der Waals surface area contributed by atoms with Crippen LogP contribution in [-0.2, 0) is 7.05 Å². The van der Waals surface area contributed by atoms with Gasteiger partial charge in [0.1, 0.15) is 11.4 Å². The first kappa shape index (κ1) is 13.0. The second-order valence-electron chi connectivity index (χ2n) is 4.12. The lowest BCUT2D eigenvalue weighted by Crippen LogP contribution is -1.98. The summed E-state index contributed by atoms with van der Waals surface area (Å²) < 4.78 is 6.73. The second kappa shape index (κ2) is 4.81. The maximum Gasteiger partial charge on any atom is 0.263 e. The highest BCUT2D eigenvalue weighted by atomic mass is 35.5. The Labute approximate surface area is 124 Å². The Kier molecular flexibility index (Phi) is 3.11. The average molecular weight is 310 g/mol. The number of rotatable bonds is 2. The van der Waals surface area contributed by atoms with Gasteiger partial charge in [-0.15, -0.1) is 0 Å². The Balaban J connectivity index is 2.01. The molecule has 0 atom stereocenters. The van der Waals surface area contributed by atoms with Gasteiger partial charge >= 0.3 is 0 Å². The predicted molar refractivity (Wildman–Crippen MR) is 76.4 cm³/mol. The molecule has 3 aromatic rings. The van der Waals surface area contributed by atoms with Crippen LogP contribution in [0, 0.1) is 0 Å². The minimum atomic E-state index is 0.302. The second-order valence-corrected chi connectivity index (χ2v) is 4.93. The quantitative estimate of drug-likeness (QED) is 0.786. The Morgan fingerprint density at radius 1 is 1.25 bits per heavy atom. The van der Waals surface area contributed by atoms with E-state index < -0.39 is 0 Å². The number of anilines is 1. The number of halogens is 2. The zero-order chi connectivity index (χ0) is 14.3. The molecule has 8 heteroatoms. The molecule has 102 valence electrons. The summed E-state index contributed by atoms with van der Waals surface area (Å²) in [6.07, 6.45) is 1.57. The molecule has 20 heavy (non-hydrogen) atoms. The van der Waals surface area contributed by atoms with Gasteiger partial charge in [-0.25, -0.2) is 0 Å². The lowest BCUT2D eigenvalue weighted by Gasteiger charge is -1.97. The van der Waals surface area contributed by atoms with Crippen LogP contribution >= 0.6 is 23.2 Å². The summed E-state index contributed by atoms with van der Waals surface area (Å²) in [5.74, 6) is 1.16. The van der Waals surface area contributed by atoms with Crippen LogP contribution in [0.2, 0.25) is 10.0 Å². The Hall–Kier alpha value is -2.05. The van der Waals surface area contributed by atoms with E-state index in [0.717, 1.165) is 0 Å². The minimum Gasteiger partial charge on any atom is -0.383 e. The third-order valence-corrected chi connectivity index (χ3v) is 3.56. The van der Waals surface area contributed by atoms with Crippen LogP contribution in [0.25, 0.3) is 22.8 Å². The maximum atomic E-state index is 5.96. The van der Waals surface area contributed by atoms with Gasteiger partial charge in [0.15, 0.2) is 0 Å². The van der Waals surface area contributed by atoms with Crippen molar-refractivity contribution in [1.82, 2.24) is 19.9 Å². The first-order chi connectivity index (χ1) is 9.56. The third-order valence-electron chi connectivity index (χ3n) is 2.82. The summed E-state index contributed by atoms with van der Waals surface area (Å²) >= 11 is 11.8. The fourth-order valence-corrected chi connectivity index (χ4v) is 2.00. The molecule has 6 nitrogen and oxygen atoms in total. The van der Waals surface area contributed by atoms with Crippen LogP contribution in [0.1, 0.15) is 0 Å². The number of aromatic nitrogens is 4. The van der Waals surface area contributed by atoms with Gasteiger partial charge in [-0.3, -0.25) is 4.68 Å². The van der Waals surface area contributed by atoms with Crippen LogP contribution in [0.3, 0.4) is 0 Å². The molecular formula is C12H9Cl2N5O. The molecule has 0 amide bonds. The number of aryl methyl sites for hydroxylation is 1. The monoisotopic (exact) mass is 309 g/mol. The molecule has 2 aromatic heterocycles. The Bertz CT molecular complexity index is 780. The number of nitrogens with zero attached hydrogens (tertiary/aromatic N) is 4. The highest BCUT2D eigenvalue weighted by Crippen LogP contribution is 2.29. The van der Waals surface area contributed by atoms with Gasteiger partial charge in [0.2, 0.25) is 5.82 Å². The fraction of sp³-hybridized carbons (Fsp3) is 0.0833. The Morgan fingerprint density at radius 2 is 2.05 bits per heavy atom. The Morgan fingerprint density at radius 3 is 2.70 bits per heavy atom. The zero-order valence-corrected chi connectivity index (χ0v) is 11.9. The number of benzene rings is 1. The van der Waals surface area contributed by atoms with Gasteiger partial charge in [-0.1, -0.05) is 28.4 Å². The molecule has 0 aliphatic carbocycles. The largest absolute Gasteiger partial charge is 0.383 e. The zero-order valence-electron chi connectivity index (χ0n) is 10.3. The van der Waals surface area contributed by atoms with Crippen LogP contribution < -0.4 is 5.73 Å². The van der Waals surface area contributed by atoms with Crippen LogP contribution in [0.4, 0.5) is 5.82 Å². The first-order valence-corrected chi connectivity index (χ1v) is 6.39. The van der Waals surface area contributed by atoms with Gasteiger partial charge in [0.25, 0.3) is 5.89 Å². The molecule has 3 rings (SSSR count). The predicted octanol–water partition coefficient (Wildman–Crippen LogP) is 3.03. The summed E-state index contributed by atoms with van der Waals surface area (Å²) in [7, 11) is 1.73. The van der Waals surface area contributed by atoms with Gasteiger partial charge in [-0.05, 0) is 18.2 Å². The van der Waals surface area contributed by atoms with E-state index in [0.29, 0.717) is 38.7 Å². The van der Waals surface area contributed by atoms with Crippen molar-refractivity contribution in [3.63, 3.8) is 0 Å². The molecular weight excluding hydrogens is 301 g/mol. The normalized spacial score (nSPS) is 10.9. The smallest absolute Gasteiger partial charge is 0.263 e. The van der Waals surface area contributed by atoms with E-state index in [2.05, 4.69) is 15.2 Å². The molecule has 2 heterocycles. The number of hydrogen-bond donors (Lipinski definition) is 1. The van der Waals surface area contributed by atoms with Crippen LogP contribution in [0.5, 0.6) is 0 Å². The van der Waals surface area contributed by atoms with E-state index in [-0.39, 0.29) is 0 Å². The molecule has 0 radical (unpaired) electrons. The highest BCUT2D eigenvalue weighted by Gasteiger charge is 2.16. The molecule has 0 aliphatic rings. The van der Waals surface area contributed by atoms with Crippen molar-refractivity contribution in [2.24, 2.45) is 7.05 Å². The molecule has 0 bridgehead atoms. The van der Waals surface area contributed by atoms with Crippen molar-refractivity contribution >= 4 is 29.0 Å². The average Bonchev–Trinajstić information content (AvgIpc) is 3.02. The van der Waals surface area contributed by atoms with E-state index in [1.165, 1.54) is 4.68 Å². The van der Waals surface area contributed by atoms with Gasteiger partial charge in [0, 0.05) is 12.6 Å². The summed E-state index contributed by atoms with van der Waals surface area (Å²) in [6, 6.07) is 5.11. The standard InChI is InChI=1S/C12H9Cl2N5O/c1-19-10(15)7(5-16-19)12-17-11(18-20-12)6-2-3-8(13)9(14)4-6/h2-5H,15H2,1H3. The van der Waals surface area contributed by atoms with E-state index in [1.807, 2.05) is 0 Å². The lowest BCUT2D eigenvalue weighted by atomic mass is 10.2. The van der Waals surface area contributed by atoms with Crippen molar-refractivity contribution in [3.05, 3.63) is 34.4 Å². The SMILES string of the molecule is Cn1ncc(-c2nc(-c3ccc(Cl)c(Cl)c3)no2)c1N. The molecule has 0 saturated carbocycles. The highest BCUT2D eigenvalue weighted by molar-refractivity contribution is 6.42. The molecule has 0 fully saturated rings. The molecule has 0 aliphatic heterocycles. The third kappa shape index (κ3) is 2.13. The number of nitrogen functional groups attached to an aromatic ring is 1. The topological polar surface area (TPSA) is 82.8 Å². The molecule has 1 aromatic carbocycles. The molecule has 2 N–H and O–H groups in total. The maximum absolute atomic E-state index is 5.96. The van der Waals surface area contributed by atoms with E-state index in [4.69, 9.17) is 33.5 Å². The molecule has 0 saturated heterocycles. The summed E-state index contributed by atoms with van der Waals surface area (Å²) in [4.78, 5) is 4.28. The van der Waals surface area contributed by atoms with E-state index in [1.54, 1.807) is 31.4 Å².